The molecule has 0 saturated heterocycles. The van der Waals surface area contributed by atoms with Gasteiger partial charge in [0.05, 0.1) is 0 Å². The lowest BCUT2D eigenvalue weighted by Crippen LogP contribution is -2.24. The van der Waals surface area contributed by atoms with Crippen molar-refractivity contribution < 1.29 is 31.1 Å². The number of halogens is 6. The summed E-state index contributed by atoms with van der Waals surface area (Å²) in [6, 6.07) is 7.36. The highest BCUT2D eigenvalue weighted by Crippen LogP contribution is 2.36. The first-order valence-corrected chi connectivity index (χ1v) is 9.55. The van der Waals surface area contributed by atoms with Crippen LogP contribution in [0.5, 0.6) is 5.88 Å². The summed E-state index contributed by atoms with van der Waals surface area (Å²) in [7, 11) is 0. The Morgan fingerprint density at radius 1 is 0.967 bits per heavy atom. The minimum absolute atomic E-state index is 0.179. The average Bonchev–Trinajstić information content (AvgIpc) is 2.67. The molecule has 10 heteroatoms. The summed E-state index contributed by atoms with van der Waals surface area (Å²) < 4.78 is 81.1. The van der Waals surface area contributed by atoms with E-state index < -0.39 is 30.4 Å². The molecule has 0 aliphatic carbocycles. The highest BCUT2D eigenvalue weighted by molar-refractivity contribution is 5.58. The van der Waals surface area contributed by atoms with Crippen LogP contribution in [0.25, 0.3) is 0 Å². The van der Waals surface area contributed by atoms with E-state index in [0.29, 0.717) is 18.4 Å². The lowest BCUT2D eigenvalue weighted by Gasteiger charge is -2.23. The van der Waals surface area contributed by atoms with Gasteiger partial charge in [-0.25, -0.2) is 4.98 Å². The van der Waals surface area contributed by atoms with Gasteiger partial charge in [-0.15, -0.1) is 0 Å². The summed E-state index contributed by atoms with van der Waals surface area (Å²) >= 11 is 0. The summed E-state index contributed by atoms with van der Waals surface area (Å²) in [5, 5.41) is 0. The topological polar surface area (TPSA) is 38.2 Å². The van der Waals surface area contributed by atoms with Gasteiger partial charge in [0, 0.05) is 18.4 Å². The Balaban J connectivity index is 2.30. The highest BCUT2D eigenvalue weighted by atomic mass is 19.4. The Hall–Kier alpha value is -2.52. The SMILES string of the molecule is CCCCCc1ccc(N(CC)c2ncc(C(F)(F)F)c(OCC(F)(F)F)n2)cc1. The summed E-state index contributed by atoms with van der Waals surface area (Å²) in [6.07, 6.45) is -5.13. The molecule has 0 amide bonds. The molecule has 30 heavy (non-hydrogen) atoms. The van der Waals surface area contributed by atoms with Crippen LogP contribution >= 0.6 is 0 Å². The highest BCUT2D eigenvalue weighted by Gasteiger charge is 2.38. The minimum atomic E-state index is -4.95. The number of aryl methyl sites for hydroxylation is 1. The second-order valence-electron chi connectivity index (χ2n) is 6.66. The van der Waals surface area contributed by atoms with Crippen molar-refractivity contribution >= 4 is 11.6 Å². The summed E-state index contributed by atoms with van der Waals surface area (Å²) in [6.45, 7) is 2.25. The predicted molar refractivity (Wildman–Crippen MR) is 101 cm³/mol. The number of alkyl halides is 6. The Kier molecular flexibility index (Phi) is 7.91. The van der Waals surface area contributed by atoms with Crippen LogP contribution in [0, 0.1) is 0 Å². The molecule has 0 aliphatic rings. The number of nitrogens with zero attached hydrogens (tertiary/aromatic N) is 3. The third-order valence-electron chi connectivity index (χ3n) is 4.29. The van der Waals surface area contributed by atoms with Crippen LogP contribution in [-0.2, 0) is 12.6 Å². The lowest BCUT2D eigenvalue weighted by molar-refractivity contribution is -0.159. The van der Waals surface area contributed by atoms with Gasteiger partial charge in [0.1, 0.15) is 5.56 Å². The van der Waals surface area contributed by atoms with Crippen molar-refractivity contribution in [3.8, 4) is 5.88 Å². The number of anilines is 2. The zero-order valence-electron chi connectivity index (χ0n) is 16.6. The van der Waals surface area contributed by atoms with Gasteiger partial charge in [-0.2, -0.15) is 31.3 Å². The number of hydrogen-bond donors (Lipinski definition) is 0. The van der Waals surface area contributed by atoms with Crippen LogP contribution in [0.3, 0.4) is 0 Å². The molecule has 0 fully saturated rings. The number of aromatic nitrogens is 2. The van der Waals surface area contributed by atoms with Crippen molar-refractivity contribution in [2.45, 2.75) is 51.9 Å². The molecule has 4 nitrogen and oxygen atoms in total. The lowest BCUT2D eigenvalue weighted by atomic mass is 10.1. The van der Waals surface area contributed by atoms with E-state index in [9.17, 15) is 26.3 Å². The Bertz CT molecular complexity index is 806. The maximum absolute atomic E-state index is 13.1. The van der Waals surface area contributed by atoms with E-state index in [1.54, 1.807) is 19.1 Å². The predicted octanol–water partition coefficient (Wildman–Crippen LogP) is 6.33. The monoisotopic (exact) mass is 435 g/mol. The van der Waals surface area contributed by atoms with Crippen molar-refractivity contribution in [2.75, 3.05) is 18.1 Å². The number of unbranched alkanes of at least 4 members (excludes halogenated alkanes) is 2. The number of ether oxygens (including phenoxy) is 1. The Labute approximate surface area is 170 Å². The molecule has 1 aromatic heterocycles. The molecule has 0 atom stereocenters. The fraction of sp³-hybridized carbons (Fsp3) is 0.500. The summed E-state index contributed by atoms with van der Waals surface area (Å²) in [4.78, 5) is 8.86. The summed E-state index contributed by atoms with van der Waals surface area (Å²) in [5.74, 6) is -1.33. The second kappa shape index (κ2) is 9.99. The van der Waals surface area contributed by atoms with Gasteiger partial charge >= 0.3 is 12.4 Å². The summed E-state index contributed by atoms with van der Waals surface area (Å²) in [5.41, 5.74) is 0.266. The average molecular weight is 435 g/mol. The van der Waals surface area contributed by atoms with E-state index >= 15 is 0 Å². The van der Waals surface area contributed by atoms with Gasteiger partial charge in [-0.1, -0.05) is 31.9 Å². The van der Waals surface area contributed by atoms with Crippen molar-refractivity contribution in [2.24, 2.45) is 0 Å². The maximum Gasteiger partial charge on any atom is 0.423 e. The number of rotatable bonds is 9. The van der Waals surface area contributed by atoms with Crippen molar-refractivity contribution in [3.63, 3.8) is 0 Å². The fourth-order valence-corrected chi connectivity index (χ4v) is 2.80. The van der Waals surface area contributed by atoms with Gasteiger partial charge in [-0.3, -0.25) is 0 Å². The molecule has 0 radical (unpaired) electrons. The van der Waals surface area contributed by atoms with Crippen LogP contribution in [0.2, 0.25) is 0 Å². The smallest absolute Gasteiger partial charge is 0.423 e. The van der Waals surface area contributed by atoms with Crippen LogP contribution in [0.1, 0.15) is 44.2 Å². The molecule has 0 bridgehead atoms. The van der Waals surface area contributed by atoms with E-state index in [-0.39, 0.29) is 5.95 Å². The van der Waals surface area contributed by atoms with Gasteiger partial charge in [0.25, 0.3) is 0 Å². The van der Waals surface area contributed by atoms with Gasteiger partial charge in [-0.05, 0) is 37.5 Å². The second-order valence-corrected chi connectivity index (χ2v) is 6.66. The van der Waals surface area contributed by atoms with Crippen molar-refractivity contribution in [1.29, 1.82) is 0 Å². The van der Waals surface area contributed by atoms with Gasteiger partial charge in [0.15, 0.2) is 6.61 Å². The van der Waals surface area contributed by atoms with Gasteiger partial charge < -0.3 is 9.64 Å². The van der Waals surface area contributed by atoms with Crippen LogP contribution in [0.4, 0.5) is 38.0 Å². The zero-order chi connectivity index (χ0) is 22.4. The molecule has 1 heterocycles. The largest absolute Gasteiger partial charge is 0.467 e. The third kappa shape index (κ3) is 6.77. The van der Waals surface area contributed by atoms with Crippen LogP contribution in [-0.4, -0.2) is 29.3 Å². The van der Waals surface area contributed by atoms with Crippen molar-refractivity contribution in [3.05, 3.63) is 41.6 Å². The molecular formula is C20H23F6N3O. The maximum atomic E-state index is 13.1. The first-order chi connectivity index (χ1) is 14.0. The Morgan fingerprint density at radius 2 is 1.63 bits per heavy atom. The molecule has 166 valence electrons. The fourth-order valence-electron chi connectivity index (χ4n) is 2.80. The number of hydrogen-bond acceptors (Lipinski definition) is 4. The molecule has 0 aliphatic heterocycles. The van der Waals surface area contributed by atoms with Crippen LogP contribution < -0.4 is 9.64 Å². The standard InChI is InChI=1S/C20H23F6N3O/c1-3-5-6-7-14-8-10-15(11-9-14)29(4-2)18-27-12-16(20(24,25)26)17(28-18)30-13-19(21,22)23/h8-12H,3-7,13H2,1-2H3. The number of benzene rings is 1. The first kappa shape index (κ1) is 23.8. The molecule has 0 spiro atoms. The molecule has 2 aromatic rings. The van der Waals surface area contributed by atoms with E-state index in [2.05, 4.69) is 21.6 Å². The zero-order valence-corrected chi connectivity index (χ0v) is 16.6. The van der Waals surface area contributed by atoms with E-state index in [1.165, 1.54) is 4.90 Å². The Morgan fingerprint density at radius 3 is 2.17 bits per heavy atom. The quantitative estimate of drug-likeness (QED) is 0.341. The minimum Gasteiger partial charge on any atom is -0.467 e. The molecule has 2 rings (SSSR count). The molecule has 1 aromatic carbocycles. The first-order valence-electron chi connectivity index (χ1n) is 9.55. The molecule has 0 saturated carbocycles. The molecule has 0 N–H and O–H groups in total. The van der Waals surface area contributed by atoms with E-state index in [1.807, 2.05) is 12.1 Å². The van der Waals surface area contributed by atoms with E-state index in [4.69, 9.17) is 0 Å². The van der Waals surface area contributed by atoms with E-state index in [0.717, 1.165) is 31.2 Å². The van der Waals surface area contributed by atoms with Crippen molar-refractivity contribution in [1.82, 2.24) is 9.97 Å². The normalized spacial score (nSPS) is 12.1. The molecular weight excluding hydrogens is 412 g/mol. The third-order valence-corrected chi connectivity index (χ3v) is 4.29. The van der Waals surface area contributed by atoms with Crippen LogP contribution in [0.15, 0.2) is 30.5 Å². The molecule has 0 unspecified atom stereocenters. The van der Waals surface area contributed by atoms with Gasteiger partial charge in [0.2, 0.25) is 11.8 Å².